The summed E-state index contributed by atoms with van der Waals surface area (Å²) in [4.78, 5) is 11.9. The van der Waals surface area contributed by atoms with Gasteiger partial charge in [-0.3, -0.25) is 4.79 Å². The zero-order valence-corrected chi connectivity index (χ0v) is 11.3. The lowest BCUT2D eigenvalue weighted by Gasteiger charge is -2.05. The van der Waals surface area contributed by atoms with Crippen LogP contribution in [0.5, 0.6) is 0 Å². The van der Waals surface area contributed by atoms with E-state index in [-0.39, 0.29) is 10.7 Å². The zero-order chi connectivity index (χ0) is 13.1. The summed E-state index contributed by atoms with van der Waals surface area (Å²) in [5, 5.41) is 0. The number of hydrogen-bond acceptors (Lipinski definition) is 3. The third kappa shape index (κ3) is 4.69. The van der Waals surface area contributed by atoms with E-state index >= 15 is 0 Å². The van der Waals surface area contributed by atoms with E-state index in [1.165, 1.54) is 6.26 Å². The maximum absolute atomic E-state index is 11.6. The molecule has 0 N–H and O–H groups in total. The van der Waals surface area contributed by atoms with E-state index in [0.717, 1.165) is 5.56 Å². The van der Waals surface area contributed by atoms with Crippen LogP contribution in [0.2, 0.25) is 0 Å². The summed E-state index contributed by atoms with van der Waals surface area (Å²) in [6.07, 6.45) is 2.11. The standard InChI is InChI=1S/C13H18O3S/c1-10(2)8-12(14)9-11-4-6-13(7-5-11)17(3,15)16/h4-7,10H,8-9H2,1-3H3. The van der Waals surface area contributed by atoms with Crippen molar-refractivity contribution in [2.45, 2.75) is 31.6 Å². The summed E-state index contributed by atoms with van der Waals surface area (Å²) in [5.41, 5.74) is 0.864. The topological polar surface area (TPSA) is 51.2 Å². The monoisotopic (exact) mass is 254 g/mol. The van der Waals surface area contributed by atoms with Gasteiger partial charge in [0.05, 0.1) is 4.90 Å². The van der Waals surface area contributed by atoms with Crippen LogP contribution < -0.4 is 0 Å². The van der Waals surface area contributed by atoms with E-state index < -0.39 is 9.84 Å². The molecule has 0 atom stereocenters. The van der Waals surface area contributed by atoms with Crippen molar-refractivity contribution in [2.24, 2.45) is 5.92 Å². The molecule has 1 rings (SSSR count). The van der Waals surface area contributed by atoms with Crippen LogP contribution in [0, 0.1) is 5.92 Å². The summed E-state index contributed by atoms with van der Waals surface area (Å²) < 4.78 is 22.5. The van der Waals surface area contributed by atoms with Crippen molar-refractivity contribution in [3.63, 3.8) is 0 Å². The molecule has 0 amide bonds. The third-order valence-corrected chi connectivity index (χ3v) is 3.52. The summed E-state index contributed by atoms with van der Waals surface area (Å²) in [7, 11) is -3.15. The predicted octanol–water partition coefficient (Wildman–Crippen LogP) is 2.25. The van der Waals surface area contributed by atoms with Gasteiger partial charge < -0.3 is 0 Å². The molecule has 0 fully saturated rings. The van der Waals surface area contributed by atoms with E-state index in [1.807, 2.05) is 13.8 Å². The Balaban J connectivity index is 2.73. The molecule has 0 heterocycles. The van der Waals surface area contributed by atoms with E-state index in [1.54, 1.807) is 24.3 Å². The van der Waals surface area contributed by atoms with Crippen LogP contribution in [-0.4, -0.2) is 20.5 Å². The predicted molar refractivity (Wildman–Crippen MR) is 67.7 cm³/mol. The number of hydrogen-bond donors (Lipinski definition) is 0. The number of carbonyl (C=O) groups is 1. The number of Topliss-reactive ketones (excluding diaryl/α,β-unsaturated/α-hetero) is 1. The highest BCUT2D eigenvalue weighted by molar-refractivity contribution is 7.90. The molecule has 0 saturated carbocycles. The fraction of sp³-hybridized carbons (Fsp3) is 0.462. The number of carbonyl (C=O) groups excluding carboxylic acids is 1. The van der Waals surface area contributed by atoms with Gasteiger partial charge in [-0.15, -0.1) is 0 Å². The van der Waals surface area contributed by atoms with Gasteiger partial charge in [0.2, 0.25) is 0 Å². The smallest absolute Gasteiger partial charge is 0.175 e. The van der Waals surface area contributed by atoms with Crippen molar-refractivity contribution < 1.29 is 13.2 Å². The Kier molecular flexibility index (Phi) is 4.46. The van der Waals surface area contributed by atoms with E-state index in [2.05, 4.69) is 0 Å². The van der Waals surface area contributed by atoms with E-state index in [9.17, 15) is 13.2 Å². The molecule has 17 heavy (non-hydrogen) atoms. The van der Waals surface area contributed by atoms with Gasteiger partial charge in [0, 0.05) is 19.1 Å². The van der Waals surface area contributed by atoms with Crippen molar-refractivity contribution >= 4 is 15.6 Å². The Morgan fingerprint density at radius 2 is 1.71 bits per heavy atom. The first-order chi connectivity index (χ1) is 7.79. The SMILES string of the molecule is CC(C)CC(=O)Cc1ccc(S(C)(=O)=O)cc1. The number of sulfone groups is 1. The Hall–Kier alpha value is -1.16. The molecule has 0 spiro atoms. The van der Waals surface area contributed by atoms with Gasteiger partial charge in [0.1, 0.15) is 5.78 Å². The largest absolute Gasteiger partial charge is 0.299 e. The van der Waals surface area contributed by atoms with Gasteiger partial charge in [-0.05, 0) is 23.6 Å². The molecule has 1 aromatic carbocycles. The lowest BCUT2D eigenvalue weighted by Crippen LogP contribution is -2.06. The quantitative estimate of drug-likeness (QED) is 0.809. The first-order valence-electron chi connectivity index (χ1n) is 5.59. The molecule has 4 heteroatoms. The maximum Gasteiger partial charge on any atom is 0.175 e. The molecule has 0 aliphatic carbocycles. The molecule has 0 radical (unpaired) electrons. The zero-order valence-electron chi connectivity index (χ0n) is 10.4. The Morgan fingerprint density at radius 1 is 1.18 bits per heavy atom. The molecule has 0 unspecified atom stereocenters. The minimum absolute atomic E-state index is 0.187. The summed E-state index contributed by atoms with van der Waals surface area (Å²) in [6, 6.07) is 6.50. The molecular weight excluding hydrogens is 236 g/mol. The first kappa shape index (κ1) is 13.9. The van der Waals surface area contributed by atoms with Gasteiger partial charge >= 0.3 is 0 Å². The van der Waals surface area contributed by atoms with Crippen molar-refractivity contribution in [2.75, 3.05) is 6.26 Å². The lowest BCUT2D eigenvalue weighted by atomic mass is 10.0. The summed E-state index contributed by atoms with van der Waals surface area (Å²) in [6.45, 7) is 4.01. The maximum atomic E-state index is 11.6. The van der Waals surface area contributed by atoms with Crippen molar-refractivity contribution in [1.82, 2.24) is 0 Å². The van der Waals surface area contributed by atoms with Crippen molar-refractivity contribution in [3.05, 3.63) is 29.8 Å². The molecule has 0 aromatic heterocycles. The van der Waals surface area contributed by atoms with Crippen LogP contribution in [0.25, 0.3) is 0 Å². The molecule has 0 aliphatic rings. The average Bonchev–Trinajstić information content (AvgIpc) is 2.15. The summed E-state index contributed by atoms with van der Waals surface area (Å²) >= 11 is 0. The normalized spacial score (nSPS) is 11.8. The number of rotatable bonds is 5. The van der Waals surface area contributed by atoms with E-state index in [0.29, 0.717) is 18.8 Å². The minimum Gasteiger partial charge on any atom is -0.299 e. The minimum atomic E-state index is -3.15. The molecule has 1 aromatic rings. The second kappa shape index (κ2) is 5.45. The number of benzene rings is 1. The Morgan fingerprint density at radius 3 is 2.12 bits per heavy atom. The first-order valence-corrected chi connectivity index (χ1v) is 7.49. The Bertz CT molecular complexity index is 484. The number of ketones is 1. The van der Waals surface area contributed by atoms with Gasteiger partial charge in [0.25, 0.3) is 0 Å². The molecule has 94 valence electrons. The fourth-order valence-electron chi connectivity index (χ4n) is 1.61. The third-order valence-electron chi connectivity index (χ3n) is 2.39. The van der Waals surface area contributed by atoms with Gasteiger partial charge in [-0.1, -0.05) is 26.0 Å². The molecule has 0 bridgehead atoms. The highest BCUT2D eigenvalue weighted by Crippen LogP contribution is 2.12. The molecular formula is C13H18O3S. The lowest BCUT2D eigenvalue weighted by molar-refractivity contribution is -0.119. The van der Waals surface area contributed by atoms with Crippen molar-refractivity contribution in [1.29, 1.82) is 0 Å². The highest BCUT2D eigenvalue weighted by Gasteiger charge is 2.09. The second-order valence-corrected chi connectivity index (χ2v) is 6.75. The highest BCUT2D eigenvalue weighted by atomic mass is 32.2. The molecule has 0 saturated heterocycles. The second-order valence-electron chi connectivity index (χ2n) is 4.73. The van der Waals surface area contributed by atoms with Gasteiger partial charge in [0.15, 0.2) is 9.84 Å². The summed E-state index contributed by atoms with van der Waals surface area (Å²) in [5.74, 6) is 0.546. The van der Waals surface area contributed by atoms with E-state index in [4.69, 9.17) is 0 Å². The molecule has 3 nitrogen and oxygen atoms in total. The van der Waals surface area contributed by atoms with Crippen LogP contribution in [0.15, 0.2) is 29.2 Å². The van der Waals surface area contributed by atoms with Crippen LogP contribution in [-0.2, 0) is 21.1 Å². The van der Waals surface area contributed by atoms with Crippen molar-refractivity contribution in [3.8, 4) is 0 Å². The fourth-order valence-corrected chi connectivity index (χ4v) is 2.24. The molecule has 0 aliphatic heterocycles. The average molecular weight is 254 g/mol. The van der Waals surface area contributed by atoms with Gasteiger partial charge in [-0.25, -0.2) is 8.42 Å². The van der Waals surface area contributed by atoms with Crippen LogP contribution in [0.4, 0.5) is 0 Å². The van der Waals surface area contributed by atoms with Crippen LogP contribution in [0.3, 0.4) is 0 Å². The van der Waals surface area contributed by atoms with Gasteiger partial charge in [-0.2, -0.15) is 0 Å². The Labute approximate surface area is 103 Å². The van der Waals surface area contributed by atoms with Crippen LogP contribution in [0.1, 0.15) is 25.8 Å². The van der Waals surface area contributed by atoms with Crippen LogP contribution >= 0.6 is 0 Å².